The summed E-state index contributed by atoms with van der Waals surface area (Å²) in [6.07, 6.45) is 3.88. The molecule has 8 heteroatoms. The highest BCUT2D eigenvalue weighted by Gasteiger charge is 2.39. The van der Waals surface area contributed by atoms with Gasteiger partial charge in [-0.2, -0.15) is 0 Å². The van der Waals surface area contributed by atoms with Crippen molar-refractivity contribution in [2.24, 2.45) is 5.92 Å². The Balaban J connectivity index is 2.60. The van der Waals surface area contributed by atoms with Crippen molar-refractivity contribution >= 4 is 17.9 Å². The predicted molar refractivity (Wildman–Crippen MR) is 172 cm³/mol. The molecule has 43 heavy (non-hydrogen) atoms. The summed E-state index contributed by atoms with van der Waals surface area (Å²) in [4.78, 5) is 43.3. The minimum absolute atomic E-state index is 0.106. The molecule has 3 atom stereocenters. The summed E-state index contributed by atoms with van der Waals surface area (Å²) in [5.74, 6) is -0.0996. The van der Waals surface area contributed by atoms with Gasteiger partial charge in [-0.1, -0.05) is 75.6 Å². The first-order chi connectivity index (χ1) is 20.2. The average molecular weight is 596 g/mol. The summed E-state index contributed by atoms with van der Waals surface area (Å²) in [5.41, 5.74) is 1.75. The van der Waals surface area contributed by atoms with E-state index in [0.29, 0.717) is 24.4 Å². The number of benzene rings is 2. The second-order valence-electron chi connectivity index (χ2n) is 12.9. The number of phenols is 1. The number of amides is 3. The molecule has 2 aromatic carbocycles. The smallest absolute Gasteiger partial charge is 0.408 e. The lowest BCUT2D eigenvalue weighted by Crippen LogP contribution is -2.56. The number of rotatable bonds is 15. The fourth-order valence-corrected chi connectivity index (χ4v) is 4.88. The quantitative estimate of drug-likeness (QED) is 0.196. The second-order valence-corrected chi connectivity index (χ2v) is 12.9. The maximum absolute atomic E-state index is 14.7. The van der Waals surface area contributed by atoms with Crippen LogP contribution < -0.4 is 10.6 Å². The van der Waals surface area contributed by atoms with Crippen LogP contribution >= 0.6 is 0 Å². The van der Waals surface area contributed by atoms with Gasteiger partial charge in [-0.15, -0.1) is 0 Å². The minimum Gasteiger partial charge on any atom is -0.508 e. The molecule has 0 saturated heterocycles. The third-order valence-electron chi connectivity index (χ3n) is 7.26. The van der Waals surface area contributed by atoms with Crippen LogP contribution in [0.15, 0.2) is 48.5 Å². The number of hydrogen-bond donors (Lipinski definition) is 3. The summed E-state index contributed by atoms with van der Waals surface area (Å²) in [7, 11) is 0. The summed E-state index contributed by atoms with van der Waals surface area (Å²) >= 11 is 0. The molecule has 3 amide bonds. The first-order valence-electron chi connectivity index (χ1n) is 15.7. The lowest BCUT2D eigenvalue weighted by atomic mass is 9.95. The van der Waals surface area contributed by atoms with Gasteiger partial charge in [-0.3, -0.25) is 9.59 Å². The number of carbonyl (C=O) groups excluding carboxylic acids is 3. The van der Waals surface area contributed by atoms with Gasteiger partial charge in [0.25, 0.3) is 0 Å². The van der Waals surface area contributed by atoms with Crippen molar-refractivity contribution in [3.63, 3.8) is 0 Å². The molecule has 0 aliphatic heterocycles. The van der Waals surface area contributed by atoms with E-state index in [4.69, 9.17) is 4.74 Å². The van der Waals surface area contributed by atoms with Crippen LogP contribution in [-0.4, -0.2) is 52.1 Å². The number of ether oxygens (including phenoxy) is 1. The molecule has 3 N–H and O–H groups in total. The maximum atomic E-state index is 14.7. The lowest BCUT2D eigenvalue weighted by molar-refractivity contribution is -0.145. The number of alkyl carbamates (subject to hydrolysis) is 1. The Labute approximate surface area is 258 Å². The molecule has 0 aliphatic rings. The highest BCUT2D eigenvalue weighted by atomic mass is 16.6. The Kier molecular flexibility index (Phi) is 14.0. The minimum atomic E-state index is -1.01. The van der Waals surface area contributed by atoms with Crippen molar-refractivity contribution in [3.05, 3.63) is 65.2 Å². The number of phenolic OH excluding ortho intramolecular Hbond substituents is 1. The molecule has 238 valence electrons. The van der Waals surface area contributed by atoms with Gasteiger partial charge in [0.2, 0.25) is 11.8 Å². The first kappa shape index (κ1) is 35.6. The van der Waals surface area contributed by atoms with E-state index in [2.05, 4.69) is 31.4 Å². The molecule has 2 rings (SSSR count). The molecular formula is C35H53N3O5. The Bertz CT molecular complexity index is 1160. The Morgan fingerprint density at radius 3 is 2.12 bits per heavy atom. The van der Waals surface area contributed by atoms with Crippen molar-refractivity contribution in [3.8, 4) is 5.75 Å². The molecule has 0 radical (unpaired) electrons. The molecule has 0 spiro atoms. The van der Waals surface area contributed by atoms with Crippen molar-refractivity contribution in [2.75, 3.05) is 6.54 Å². The summed E-state index contributed by atoms with van der Waals surface area (Å²) in [6, 6.07) is 12.0. The van der Waals surface area contributed by atoms with Gasteiger partial charge in [-0.25, -0.2) is 4.79 Å². The van der Waals surface area contributed by atoms with E-state index in [9.17, 15) is 19.5 Å². The molecule has 8 nitrogen and oxygen atoms in total. The zero-order valence-corrected chi connectivity index (χ0v) is 27.4. The third kappa shape index (κ3) is 12.3. The fourth-order valence-electron chi connectivity index (χ4n) is 4.88. The molecule has 2 aromatic rings. The molecule has 0 saturated carbocycles. The van der Waals surface area contributed by atoms with Crippen molar-refractivity contribution in [1.29, 1.82) is 0 Å². The number of aryl methyl sites for hydroxylation is 1. The first-order valence-corrected chi connectivity index (χ1v) is 15.7. The SMILES string of the molecule is CCCCCNC(=O)C(c1ccc(C)cc1)N(C(=O)C(Cc1ccc(O)cc1)NC(=O)OC(C)(C)C)C(C)CCC(C)C. The topological polar surface area (TPSA) is 108 Å². The van der Waals surface area contributed by atoms with Crippen LogP contribution in [0.2, 0.25) is 0 Å². The highest BCUT2D eigenvalue weighted by Crippen LogP contribution is 2.28. The second kappa shape index (κ2) is 16.9. The van der Waals surface area contributed by atoms with E-state index in [0.717, 1.165) is 36.8 Å². The number of nitrogens with one attached hydrogen (secondary N) is 2. The molecule has 0 fully saturated rings. The predicted octanol–water partition coefficient (Wildman–Crippen LogP) is 6.84. The van der Waals surface area contributed by atoms with E-state index in [1.165, 1.54) is 0 Å². The normalized spacial score (nSPS) is 13.6. The van der Waals surface area contributed by atoms with E-state index in [1.54, 1.807) is 49.9 Å². The monoisotopic (exact) mass is 595 g/mol. The van der Waals surface area contributed by atoms with Gasteiger partial charge in [0.1, 0.15) is 23.4 Å². The van der Waals surface area contributed by atoms with Gasteiger partial charge >= 0.3 is 6.09 Å². The van der Waals surface area contributed by atoms with Crippen LogP contribution in [0.3, 0.4) is 0 Å². The van der Waals surface area contributed by atoms with Gasteiger partial charge < -0.3 is 25.4 Å². The van der Waals surface area contributed by atoms with Crippen LogP contribution in [0.1, 0.15) is 103 Å². The number of nitrogens with zero attached hydrogens (tertiary/aromatic N) is 1. The van der Waals surface area contributed by atoms with Crippen LogP contribution in [0.25, 0.3) is 0 Å². The van der Waals surface area contributed by atoms with Crippen LogP contribution in [0.5, 0.6) is 5.75 Å². The van der Waals surface area contributed by atoms with Crippen LogP contribution in [0.4, 0.5) is 4.79 Å². The highest BCUT2D eigenvalue weighted by molar-refractivity contribution is 5.92. The number of hydrogen-bond acceptors (Lipinski definition) is 5. The van der Waals surface area contributed by atoms with Gasteiger partial charge in [-0.05, 0) is 83.1 Å². The molecular weight excluding hydrogens is 542 g/mol. The van der Waals surface area contributed by atoms with Crippen LogP contribution in [0, 0.1) is 12.8 Å². The third-order valence-corrected chi connectivity index (χ3v) is 7.26. The van der Waals surface area contributed by atoms with Crippen molar-refractivity contribution < 1.29 is 24.2 Å². The van der Waals surface area contributed by atoms with Gasteiger partial charge in [0.15, 0.2) is 0 Å². The zero-order chi connectivity index (χ0) is 32.2. The average Bonchev–Trinajstić information content (AvgIpc) is 2.92. The molecule has 0 aromatic heterocycles. The summed E-state index contributed by atoms with van der Waals surface area (Å²) < 4.78 is 5.54. The number of unbranched alkanes of at least 4 members (excludes halogenated alkanes) is 2. The number of carbonyl (C=O) groups is 3. The summed E-state index contributed by atoms with van der Waals surface area (Å²) in [5, 5.41) is 15.7. The molecule has 0 aliphatic carbocycles. The fraction of sp³-hybridized carbons (Fsp3) is 0.571. The molecule has 0 heterocycles. The summed E-state index contributed by atoms with van der Waals surface area (Å²) in [6.45, 7) is 16.1. The standard InChI is InChI=1S/C35H53N3O5/c1-9-10-11-22-36-32(40)31(28-18-13-25(4)14-19-28)38(26(5)15-12-24(2)3)33(41)30(37-34(42)43-35(6,7)8)23-27-16-20-29(39)21-17-27/h13-14,16-21,24,26,30-31,39H,9-12,15,22-23H2,1-8H3,(H,36,40)(H,37,42). The van der Waals surface area contributed by atoms with Gasteiger partial charge in [0, 0.05) is 19.0 Å². The van der Waals surface area contributed by atoms with Crippen molar-refractivity contribution in [1.82, 2.24) is 15.5 Å². The van der Waals surface area contributed by atoms with E-state index in [-0.39, 0.29) is 30.0 Å². The van der Waals surface area contributed by atoms with Gasteiger partial charge in [0.05, 0.1) is 0 Å². The molecule has 0 bridgehead atoms. The lowest BCUT2D eigenvalue weighted by Gasteiger charge is -2.39. The largest absolute Gasteiger partial charge is 0.508 e. The maximum Gasteiger partial charge on any atom is 0.408 e. The van der Waals surface area contributed by atoms with E-state index >= 15 is 0 Å². The van der Waals surface area contributed by atoms with Crippen LogP contribution in [-0.2, 0) is 20.7 Å². The van der Waals surface area contributed by atoms with Crippen molar-refractivity contribution in [2.45, 2.75) is 118 Å². The van der Waals surface area contributed by atoms with E-state index < -0.39 is 23.8 Å². The Morgan fingerprint density at radius 1 is 0.930 bits per heavy atom. The Morgan fingerprint density at radius 2 is 1.56 bits per heavy atom. The zero-order valence-electron chi connectivity index (χ0n) is 27.4. The van der Waals surface area contributed by atoms with E-state index in [1.807, 2.05) is 38.1 Å². The molecule has 3 unspecified atom stereocenters. The number of aromatic hydroxyl groups is 1. The Hall–Kier alpha value is -3.55.